The largest absolute Gasteiger partial charge is 0.336 e. The Morgan fingerprint density at radius 2 is 2.00 bits per heavy atom. The molecule has 3 rings (SSSR count). The molecule has 0 fully saturated rings. The third-order valence-corrected chi connectivity index (χ3v) is 6.76. The van der Waals surface area contributed by atoms with Crippen molar-refractivity contribution in [3.05, 3.63) is 56.5 Å². The van der Waals surface area contributed by atoms with Crippen molar-refractivity contribution >= 4 is 60.6 Å². The number of aryl methyl sites for hydroxylation is 1. The number of sulfonamides is 1. The van der Waals surface area contributed by atoms with Gasteiger partial charge in [0.1, 0.15) is 4.83 Å². The molecule has 144 valence electrons. The summed E-state index contributed by atoms with van der Waals surface area (Å²) in [7, 11) is -3.21. The lowest BCUT2D eigenvalue weighted by Crippen LogP contribution is -2.24. The van der Waals surface area contributed by atoms with E-state index in [4.69, 9.17) is 23.2 Å². The molecule has 0 amide bonds. The average molecular weight is 445 g/mol. The highest BCUT2D eigenvalue weighted by atomic mass is 35.5. The Labute approximate surface area is 171 Å². The molecule has 0 atom stereocenters. The fraction of sp³-hybridized carbons (Fsp3) is 0.278. The van der Waals surface area contributed by atoms with Gasteiger partial charge in [0.05, 0.1) is 21.9 Å². The topological polar surface area (TPSA) is 68.2 Å². The highest BCUT2D eigenvalue weighted by Crippen LogP contribution is 2.34. The summed E-state index contributed by atoms with van der Waals surface area (Å²) < 4.78 is 27.0. The molecule has 0 saturated heterocycles. The molecule has 0 saturated carbocycles. The SMILES string of the molecule is Cc1c(C(=O)c2cccc(Cl)c2Cl)c2ccsc2n1CCCNS(C)(=O)=O. The second-order valence-electron chi connectivity index (χ2n) is 6.20. The van der Waals surface area contributed by atoms with Crippen LogP contribution >= 0.6 is 34.5 Å². The van der Waals surface area contributed by atoms with Crippen molar-refractivity contribution in [2.24, 2.45) is 0 Å². The average Bonchev–Trinajstić information content (AvgIpc) is 3.14. The van der Waals surface area contributed by atoms with Gasteiger partial charge in [-0.15, -0.1) is 11.3 Å². The van der Waals surface area contributed by atoms with Gasteiger partial charge in [0, 0.05) is 29.7 Å². The van der Waals surface area contributed by atoms with Crippen LogP contribution in [0.5, 0.6) is 0 Å². The lowest BCUT2D eigenvalue weighted by Gasteiger charge is -2.09. The van der Waals surface area contributed by atoms with E-state index in [1.807, 2.05) is 18.4 Å². The molecule has 3 aromatic rings. The van der Waals surface area contributed by atoms with Crippen LogP contribution in [0.25, 0.3) is 10.2 Å². The molecule has 0 aliphatic rings. The Hall–Kier alpha value is -1.38. The summed E-state index contributed by atoms with van der Waals surface area (Å²) in [5.41, 5.74) is 1.81. The van der Waals surface area contributed by atoms with Gasteiger partial charge >= 0.3 is 0 Å². The number of carbonyl (C=O) groups is 1. The number of nitrogens with zero attached hydrogens (tertiary/aromatic N) is 1. The first-order valence-corrected chi connectivity index (χ1v) is 11.7. The quantitative estimate of drug-likeness (QED) is 0.431. The molecule has 9 heteroatoms. The maximum Gasteiger partial charge on any atom is 0.208 e. The van der Waals surface area contributed by atoms with Crippen LogP contribution in [-0.4, -0.2) is 31.6 Å². The standard InChI is InChI=1S/C18H18Cl2N2O3S2/c1-11-15(17(23)13-5-3-6-14(19)16(13)20)12-7-10-26-18(12)22(11)9-4-8-21-27(2,24)25/h3,5-7,10,21H,4,8-9H2,1-2H3. The number of thiophene rings is 1. The van der Waals surface area contributed by atoms with Crippen LogP contribution in [0.1, 0.15) is 28.0 Å². The van der Waals surface area contributed by atoms with Crippen molar-refractivity contribution in [3.8, 4) is 0 Å². The van der Waals surface area contributed by atoms with Gasteiger partial charge in [-0.1, -0.05) is 29.3 Å². The predicted molar refractivity (Wildman–Crippen MR) is 112 cm³/mol. The molecule has 0 bridgehead atoms. The lowest BCUT2D eigenvalue weighted by atomic mass is 10.0. The van der Waals surface area contributed by atoms with E-state index < -0.39 is 10.0 Å². The predicted octanol–water partition coefficient (Wildman–Crippen LogP) is 4.49. The second kappa shape index (κ2) is 7.93. The van der Waals surface area contributed by atoms with E-state index in [0.29, 0.717) is 35.7 Å². The molecule has 0 aliphatic carbocycles. The molecule has 2 aromatic heterocycles. The molecule has 0 spiro atoms. The summed E-state index contributed by atoms with van der Waals surface area (Å²) in [5.74, 6) is -0.170. The van der Waals surface area contributed by atoms with Crippen LogP contribution in [0, 0.1) is 6.92 Å². The van der Waals surface area contributed by atoms with Crippen LogP contribution < -0.4 is 4.72 Å². The molecule has 0 radical (unpaired) electrons. The molecule has 27 heavy (non-hydrogen) atoms. The van der Waals surface area contributed by atoms with Crippen molar-refractivity contribution in [3.63, 3.8) is 0 Å². The van der Waals surface area contributed by atoms with E-state index in [-0.39, 0.29) is 10.8 Å². The number of rotatable bonds is 7. The van der Waals surface area contributed by atoms with Crippen molar-refractivity contribution in [2.75, 3.05) is 12.8 Å². The van der Waals surface area contributed by atoms with Gasteiger partial charge in [-0.3, -0.25) is 4.79 Å². The highest BCUT2D eigenvalue weighted by molar-refractivity contribution is 7.88. The Bertz CT molecular complexity index is 1120. The molecule has 2 heterocycles. The molecular formula is C18H18Cl2N2O3S2. The first-order valence-electron chi connectivity index (χ1n) is 8.20. The third-order valence-electron chi connectivity index (χ3n) is 4.27. The van der Waals surface area contributed by atoms with E-state index in [1.54, 1.807) is 29.5 Å². The number of fused-ring (bicyclic) bond motifs is 1. The first-order chi connectivity index (χ1) is 12.7. The zero-order valence-corrected chi connectivity index (χ0v) is 17.9. The fourth-order valence-electron chi connectivity index (χ4n) is 3.05. The number of aromatic nitrogens is 1. The summed E-state index contributed by atoms with van der Waals surface area (Å²) in [6.07, 6.45) is 1.75. The Balaban J connectivity index is 1.95. The molecular weight excluding hydrogens is 427 g/mol. The van der Waals surface area contributed by atoms with Gasteiger partial charge < -0.3 is 4.57 Å². The van der Waals surface area contributed by atoms with E-state index >= 15 is 0 Å². The summed E-state index contributed by atoms with van der Waals surface area (Å²) >= 11 is 13.9. The Morgan fingerprint density at radius 3 is 2.70 bits per heavy atom. The van der Waals surface area contributed by atoms with Gasteiger partial charge in [-0.2, -0.15) is 0 Å². The number of halogens is 2. The number of carbonyl (C=O) groups excluding carboxylic acids is 1. The Morgan fingerprint density at radius 1 is 1.26 bits per heavy atom. The van der Waals surface area contributed by atoms with E-state index in [0.717, 1.165) is 22.2 Å². The molecule has 0 unspecified atom stereocenters. The smallest absolute Gasteiger partial charge is 0.208 e. The normalized spacial score (nSPS) is 12.0. The highest BCUT2D eigenvalue weighted by Gasteiger charge is 2.24. The summed E-state index contributed by atoms with van der Waals surface area (Å²) in [6, 6.07) is 6.94. The maximum atomic E-state index is 13.2. The summed E-state index contributed by atoms with van der Waals surface area (Å²) in [5, 5.41) is 3.39. The zero-order valence-electron chi connectivity index (χ0n) is 14.8. The van der Waals surface area contributed by atoms with Gasteiger partial charge in [0.15, 0.2) is 5.78 Å². The van der Waals surface area contributed by atoms with Crippen LogP contribution in [0.15, 0.2) is 29.6 Å². The van der Waals surface area contributed by atoms with Crippen molar-refractivity contribution < 1.29 is 13.2 Å². The molecule has 5 nitrogen and oxygen atoms in total. The maximum absolute atomic E-state index is 13.2. The zero-order chi connectivity index (χ0) is 19.8. The van der Waals surface area contributed by atoms with Crippen molar-refractivity contribution in [1.82, 2.24) is 9.29 Å². The van der Waals surface area contributed by atoms with E-state index in [2.05, 4.69) is 9.29 Å². The second-order valence-corrected chi connectivity index (χ2v) is 9.71. The minimum absolute atomic E-state index is 0.170. The first kappa shape index (κ1) is 20.4. The van der Waals surface area contributed by atoms with E-state index in [9.17, 15) is 13.2 Å². The monoisotopic (exact) mass is 444 g/mol. The van der Waals surface area contributed by atoms with Gasteiger partial charge in [-0.05, 0) is 36.9 Å². The minimum atomic E-state index is -3.21. The molecule has 1 N–H and O–H groups in total. The van der Waals surface area contributed by atoms with Crippen LogP contribution in [-0.2, 0) is 16.6 Å². The number of nitrogens with one attached hydrogen (secondary N) is 1. The number of ketones is 1. The van der Waals surface area contributed by atoms with Gasteiger partial charge in [0.2, 0.25) is 10.0 Å². The minimum Gasteiger partial charge on any atom is -0.336 e. The lowest BCUT2D eigenvalue weighted by molar-refractivity contribution is 0.103. The van der Waals surface area contributed by atoms with Gasteiger partial charge in [0.25, 0.3) is 0 Å². The fourth-order valence-corrected chi connectivity index (χ4v) is 4.93. The van der Waals surface area contributed by atoms with Crippen LogP contribution in [0.3, 0.4) is 0 Å². The number of benzene rings is 1. The van der Waals surface area contributed by atoms with Crippen LogP contribution in [0.2, 0.25) is 10.0 Å². The number of hydrogen-bond donors (Lipinski definition) is 1. The van der Waals surface area contributed by atoms with Crippen molar-refractivity contribution in [1.29, 1.82) is 0 Å². The Kier molecular flexibility index (Phi) is 5.98. The summed E-state index contributed by atoms with van der Waals surface area (Å²) in [6.45, 7) is 2.83. The van der Waals surface area contributed by atoms with Crippen molar-refractivity contribution in [2.45, 2.75) is 19.9 Å². The molecule has 1 aromatic carbocycles. The van der Waals surface area contributed by atoms with Crippen LogP contribution in [0.4, 0.5) is 0 Å². The summed E-state index contributed by atoms with van der Waals surface area (Å²) in [4.78, 5) is 14.2. The number of hydrogen-bond acceptors (Lipinski definition) is 4. The third kappa shape index (κ3) is 4.22. The molecule has 0 aliphatic heterocycles. The van der Waals surface area contributed by atoms with E-state index in [1.165, 1.54) is 0 Å². The van der Waals surface area contributed by atoms with Gasteiger partial charge in [-0.25, -0.2) is 13.1 Å².